The van der Waals surface area contributed by atoms with E-state index in [-0.39, 0.29) is 5.75 Å². The molecule has 0 aliphatic carbocycles. The number of unbranched alkanes of at least 4 members (excludes halogenated alkanes) is 1. The zero-order valence-corrected chi connectivity index (χ0v) is 11.1. The minimum absolute atomic E-state index is 0.173. The molecular formula is C10H20N4O2S. The van der Waals surface area contributed by atoms with E-state index in [1.54, 1.807) is 24.0 Å². The summed E-state index contributed by atoms with van der Waals surface area (Å²) >= 11 is 0. The molecule has 0 spiro atoms. The summed E-state index contributed by atoms with van der Waals surface area (Å²) in [6.07, 6.45) is 3.18. The fourth-order valence-corrected chi connectivity index (χ4v) is 2.52. The molecule has 0 atom stereocenters. The lowest BCUT2D eigenvalue weighted by molar-refractivity contribution is 0.571. The van der Waals surface area contributed by atoms with Crippen molar-refractivity contribution in [3.8, 4) is 0 Å². The van der Waals surface area contributed by atoms with Gasteiger partial charge in [0.05, 0.1) is 18.0 Å². The van der Waals surface area contributed by atoms with E-state index in [0.29, 0.717) is 13.0 Å². The quantitative estimate of drug-likeness (QED) is 0.637. The number of hydrogen-bond donors (Lipinski definition) is 2. The summed E-state index contributed by atoms with van der Waals surface area (Å²) in [5.74, 6) is 0.173. The number of aryl methyl sites for hydroxylation is 1. The molecule has 1 rings (SSSR count). The number of nitrogens with zero attached hydrogens (tertiary/aromatic N) is 2. The van der Waals surface area contributed by atoms with Crippen LogP contribution in [0.25, 0.3) is 0 Å². The number of aromatic nitrogens is 2. The lowest BCUT2D eigenvalue weighted by Crippen LogP contribution is -2.27. The monoisotopic (exact) mass is 260 g/mol. The number of sulfonamides is 1. The summed E-state index contributed by atoms with van der Waals surface area (Å²) in [7, 11) is 0.471. The normalized spacial score (nSPS) is 11.9. The van der Waals surface area contributed by atoms with Gasteiger partial charge in [-0.25, -0.2) is 13.1 Å². The lowest BCUT2D eigenvalue weighted by Gasteiger charge is -2.06. The predicted octanol–water partition coefficient (Wildman–Crippen LogP) is -0.161. The van der Waals surface area contributed by atoms with Gasteiger partial charge in [-0.15, -0.1) is 0 Å². The molecule has 0 fully saturated rings. The first-order valence-electron chi connectivity index (χ1n) is 5.64. The smallest absolute Gasteiger partial charge is 0.211 e. The van der Waals surface area contributed by atoms with E-state index in [0.717, 1.165) is 18.7 Å². The minimum atomic E-state index is -3.17. The van der Waals surface area contributed by atoms with Crippen molar-refractivity contribution in [3.05, 3.63) is 18.0 Å². The highest BCUT2D eigenvalue weighted by Crippen LogP contribution is 1.99. The molecular weight excluding hydrogens is 240 g/mol. The molecule has 1 aromatic rings. The van der Waals surface area contributed by atoms with Crippen molar-refractivity contribution in [2.24, 2.45) is 7.05 Å². The maximum Gasteiger partial charge on any atom is 0.211 e. The Balaban J connectivity index is 2.32. The Hall–Kier alpha value is -0.920. The molecule has 0 aliphatic heterocycles. The molecule has 98 valence electrons. The summed E-state index contributed by atoms with van der Waals surface area (Å²) < 4.78 is 27.5. The van der Waals surface area contributed by atoms with E-state index >= 15 is 0 Å². The van der Waals surface area contributed by atoms with Gasteiger partial charge in [0.1, 0.15) is 0 Å². The van der Waals surface area contributed by atoms with Gasteiger partial charge in [-0.1, -0.05) is 0 Å². The summed E-state index contributed by atoms with van der Waals surface area (Å²) in [4.78, 5) is 0. The third kappa shape index (κ3) is 5.29. The molecule has 0 bridgehead atoms. The van der Waals surface area contributed by atoms with Gasteiger partial charge in [0, 0.05) is 13.2 Å². The van der Waals surface area contributed by atoms with Crippen LogP contribution in [-0.4, -0.2) is 37.5 Å². The fourth-order valence-electron chi connectivity index (χ4n) is 1.42. The molecule has 0 aromatic carbocycles. The van der Waals surface area contributed by atoms with E-state index in [9.17, 15) is 8.42 Å². The van der Waals surface area contributed by atoms with Crippen LogP contribution in [-0.2, 0) is 23.6 Å². The number of hydrogen-bond acceptors (Lipinski definition) is 4. The molecule has 0 aliphatic rings. The topological polar surface area (TPSA) is 76.0 Å². The van der Waals surface area contributed by atoms with Gasteiger partial charge in [0.15, 0.2) is 0 Å². The van der Waals surface area contributed by atoms with E-state index in [1.165, 1.54) is 0 Å². The van der Waals surface area contributed by atoms with Crippen molar-refractivity contribution in [1.29, 1.82) is 0 Å². The average molecular weight is 260 g/mol. The SMILES string of the molecule is CNCCCCS(=O)(=O)NCc1ccnn1C. The molecule has 7 heteroatoms. The predicted molar refractivity (Wildman–Crippen MR) is 67.0 cm³/mol. The first-order chi connectivity index (χ1) is 8.05. The second-order valence-corrected chi connectivity index (χ2v) is 5.82. The van der Waals surface area contributed by atoms with Crippen molar-refractivity contribution in [2.75, 3.05) is 19.3 Å². The molecule has 0 saturated carbocycles. The zero-order chi connectivity index (χ0) is 12.7. The third-order valence-electron chi connectivity index (χ3n) is 2.49. The zero-order valence-electron chi connectivity index (χ0n) is 10.3. The highest BCUT2D eigenvalue weighted by atomic mass is 32.2. The van der Waals surface area contributed by atoms with Gasteiger partial charge in [-0.2, -0.15) is 5.10 Å². The Morgan fingerprint density at radius 2 is 2.18 bits per heavy atom. The standard InChI is InChI=1S/C10H20N4O2S/c1-11-6-3-4-8-17(15,16)13-9-10-5-7-12-14(10)2/h5,7,11,13H,3-4,6,8-9H2,1-2H3. The van der Waals surface area contributed by atoms with Crippen molar-refractivity contribution in [2.45, 2.75) is 19.4 Å². The average Bonchev–Trinajstić information content (AvgIpc) is 2.68. The first-order valence-corrected chi connectivity index (χ1v) is 7.29. The maximum absolute atomic E-state index is 11.6. The molecule has 17 heavy (non-hydrogen) atoms. The van der Waals surface area contributed by atoms with Gasteiger partial charge < -0.3 is 5.32 Å². The Morgan fingerprint density at radius 1 is 1.41 bits per heavy atom. The van der Waals surface area contributed by atoms with Gasteiger partial charge in [0.25, 0.3) is 0 Å². The van der Waals surface area contributed by atoms with Gasteiger partial charge in [-0.05, 0) is 32.5 Å². The van der Waals surface area contributed by atoms with E-state index in [4.69, 9.17) is 0 Å². The van der Waals surface area contributed by atoms with Crippen molar-refractivity contribution in [1.82, 2.24) is 19.8 Å². The van der Waals surface area contributed by atoms with Gasteiger partial charge >= 0.3 is 0 Å². The van der Waals surface area contributed by atoms with E-state index in [1.807, 2.05) is 7.05 Å². The van der Waals surface area contributed by atoms with Crippen molar-refractivity contribution in [3.63, 3.8) is 0 Å². The Labute approximate surface area is 102 Å². The lowest BCUT2D eigenvalue weighted by atomic mass is 10.3. The number of rotatable bonds is 8. The third-order valence-corrected chi connectivity index (χ3v) is 3.90. The summed E-state index contributed by atoms with van der Waals surface area (Å²) in [6, 6.07) is 1.80. The Bertz CT molecular complexity index is 427. The van der Waals surface area contributed by atoms with Crippen LogP contribution in [0.1, 0.15) is 18.5 Å². The van der Waals surface area contributed by atoms with Crippen LogP contribution in [0.15, 0.2) is 12.3 Å². The minimum Gasteiger partial charge on any atom is -0.320 e. The Kier molecular flexibility index (Phi) is 5.60. The van der Waals surface area contributed by atoms with Gasteiger partial charge in [0.2, 0.25) is 10.0 Å². The molecule has 0 amide bonds. The second-order valence-electron chi connectivity index (χ2n) is 3.90. The van der Waals surface area contributed by atoms with Crippen molar-refractivity contribution < 1.29 is 8.42 Å². The van der Waals surface area contributed by atoms with Crippen LogP contribution < -0.4 is 10.0 Å². The first kappa shape index (κ1) is 14.1. The van der Waals surface area contributed by atoms with Crippen LogP contribution >= 0.6 is 0 Å². The Morgan fingerprint density at radius 3 is 2.76 bits per heavy atom. The molecule has 2 N–H and O–H groups in total. The maximum atomic E-state index is 11.6. The summed E-state index contributed by atoms with van der Waals surface area (Å²) in [5, 5.41) is 6.97. The fraction of sp³-hybridized carbons (Fsp3) is 0.700. The molecule has 0 saturated heterocycles. The largest absolute Gasteiger partial charge is 0.320 e. The summed E-state index contributed by atoms with van der Waals surface area (Å²) in [6.45, 7) is 1.14. The molecule has 0 radical (unpaired) electrons. The van der Waals surface area contributed by atoms with Crippen LogP contribution in [0.3, 0.4) is 0 Å². The summed E-state index contributed by atoms with van der Waals surface area (Å²) in [5.41, 5.74) is 0.851. The van der Waals surface area contributed by atoms with Crippen LogP contribution in [0.4, 0.5) is 0 Å². The van der Waals surface area contributed by atoms with E-state index in [2.05, 4.69) is 15.1 Å². The van der Waals surface area contributed by atoms with Crippen LogP contribution in [0, 0.1) is 0 Å². The second kappa shape index (κ2) is 6.73. The van der Waals surface area contributed by atoms with E-state index < -0.39 is 10.0 Å². The molecule has 6 nitrogen and oxygen atoms in total. The van der Waals surface area contributed by atoms with Crippen molar-refractivity contribution >= 4 is 10.0 Å². The highest BCUT2D eigenvalue weighted by Gasteiger charge is 2.10. The van der Waals surface area contributed by atoms with Crippen LogP contribution in [0.2, 0.25) is 0 Å². The van der Waals surface area contributed by atoms with Crippen LogP contribution in [0.5, 0.6) is 0 Å². The molecule has 0 unspecified atom stereocenters. The highest BCUT2D eigenvalue weighted by molar-refractivity contribution is 7.89. The van der Waals surface area contributed by atoms with Gasteiger partial charge in [-0.3, -0.25) is 4.68 Å². The number of nitrogens with one attached hydrogen (secondary N) is 2. The molecule has 1 heterocycles. The molecule has 1 aromatic heterocycles.